The molecule has 0 aliphatic rings. The zero-order chi connectivity index (χ0) is 23.0. The van der Waals surface area contributed by atoms with Crippen LogP contribution in [-0.2, 0) is 11.3 Å². The first-order valence-electron chi connectivity index (χ1n) is 9.43. The number of nitrogens with zero attached hydrogens (tertiary/aromatic N) is 1. The van der Waals surface area contributed by atoms with Crippen molar-refractivity contribution in [3.05, 3.63) is 29.8 Å². The van der Waals surface area contributed by atoms with Gasteiger partial charge in [-0.25, -0.2) is 4.79 Å². The summed E-state index contributed by atoms with van der Waals surface area (Å²) < 4.78 is 46.5. The van der Waals surface area contributed by atoms with Crippen LogP contribution in [0.15, 0.2) is 29.3 Å². The number of halogens is 4. The van der Waals surface area contributed by atoms with Crippen molar-refractivity contribution in [2.45, 2.75) is 58.5 Å². The van der Waals surface area contributed by atoms with E-state index in [0.29, 0.717) is 19.0 Å². The highest BCUT2D eigenvalue weighted by molar-refractivity contribution is 14.0. The van der Waals surface area contributed by atoms with Crippen LogP contribution in [0.3, 0.4) is 0 Å². The summed E-state index contributed by atoms with van der Waals surface area (Å²) in [7, 11) is 1.61. The van der Waals surface area contributed by atoms with E-state index >= 15 is 0 Å². The first-order chi connectivity index (χ1) is 13.7. The van der Waals surface area contributed by atoms with Crippen LogP contribution in [0.25, 0.3) is 0 Å². The highest BCUT2D eigenvalue weighted by atomic mass is 127. The van der Waals surface area contributed by atoms with Gasteiger partial charge in [0.2, 0.25) is 0 Å². The second-order valence-electron chi connectivity index (χ2n) is 8.34. The summed E-state index contributed by atoms with van der Waals surface area (Å²) in [6.07, 6.45) is -4.88. The Morgan fingerprint density at radius 2 is 1.61 bits per heavy atom. The average Bonchev–Trinajstić information content (AvgIpc) is 2.58. The maximum absolute atomic E-state index is 12.2. The molecule has 7 nitrogen and oxygen atoms in total. The van der Waals surface area contributed by atoms with E-state index < -0.39 is 30.0 Å². The zero-order valence-electron chi connectivity index (χ0n) is 18.6. The topological polar surface area (TPSA) is 84.0 Å². The molecule has 0 atom stereocenters. The molecule has 0 aromatic heterocycles. The van der Waals surface area contributed by atoms with Gasteiger partial charge in [0.05, 0.1) is 5.54 Å². The molecule has 0 spiro atoms. The molecular formula is C20H32F3IN4O3. The second-order valence-corrected chi connectivity index (χ2v) is 8.34. The number of nitrogens with one attached hydrogen (secondary N) is 3. The molecule has 1 aromatic carbocycles. The zero-order valence-corrected chi connectivity index (χ0v) is 21.0. The fraction of sp³-hybridized carbons (Fsp3) is 0.600. The van der Waals surface area contributed by atoms with Gasteiger partial charge >= 0.3 is 12.3 Å². The van der Waals surface area contributed by atoms with E-state index in [1.165, 1.54) is 12.1 Å². The minimum atomic E-state index is -4.37. The number of hydrogen-bond acceptors (Lipinski definition) is 4. The predicted octanol–water partition coefficient (Wildman–Crippen LogP) is 4.21. The number of amides is 1. The Hall–Kier alpha value is -1.92. The van der Waals surface area contributed by atoms with Gasteiger partial charge in [-0.05, 0) is 52.3 Å². The molecule has 1 amide bonds. The molecule has 0 aliphatic heterocycles. The monoisotopic (exact) mass is 560 g/mol. The van der Waals surface area contributed by atoms with Gasteiger partial charge in [-0.15, -0.1) is 24.0 Å². The largest absolute Gasteiger partial charge is 0.484 e. The van der Waals surface area contributed by atoms with E-state index in [1.807, 2.05) is 13.8 Å². The summed E-state index contributed by atoms with van der Waals surface area (Å²) in [5.74, 6) is 0.653. The molecule has 0 aliphatic carbocycles. The molecule has 0 saturated heterocycles. The fourth-order valence-electron chi connectivity index (χ4n) is 2.20. The lowest BCUT2D eigenvalue weighted by Gasteiger charge is -2.29. The van der Waals surface area contributed by atoms with E-state index in [0.717, 1.165) is 5.56 Å². The van der Waals surface area contributed by atoms with Crippen LogP contribution >= 0.6 is 24.0 Å². The number of aliphatic imine (C=N–C) groups is 1. The fourth-order valence-corrected chi connectivity index (χ4v) is 2.20. The molecule has 0 unspecified atom stereocenters. The average molecular weight is 560 g/mol. The number of alkyl carbamates (subject to hydrolysis) is 1. The van der Waals surface area contributed by atoms with Gasteiger partial charge in [0, 0.05) is 20.1 Å². The Balaban J connectivity index is 0.00000900. The molecule has 3 N–H and O–H groups in total. The molecular weight excluding hydrogens is 528 g/mol. The third-order valence-electron chi connectivity index (χ3n) is 3.55. The third-order valence-corrected chi connectivity index (χ3v) is 3.55. The van der Waals surface area contributed by atoms with E-state index in [1.54, 1.807) is 40.0 Å². The molecule has 0 radical (unpaired) electrons. The number of ether oxygens (including phenoxy) is 2. The lowest BCUT2D eigenvalue weighted by Crippen LogP contribution is -2.54. The van der Waals surface area contributed by atoms with Crippen molar-refractivity contribution in [3.63, 3.8) is 0 Å². The Morgan fingerprint density at radius 3 is 2.10 bits per heavy atom. The number of benzene rings is 1. The molecule has 0 bridgehead atoms. The number of carbonyl (C=O) groups is 1. The van der Waals surface area contributed by atoms with Gasteiger partial charge in [0.25, 0.3) is 0 Å². The van der Waals surface area contributed by atoms with Crippen molar-refractivity contribution in [1.29, 1.82) is 0 Å². The second kappa shape index (κ2) is 12.2. The first-order valence-corrected chi connectivity index (χ1v) is 9.43. The Bertz CT molecular complexity index is 718. The Kier molecular flexibility index (Phi) is 11.4. The van der Waals surface area contributed by atoms with Crippen molar-refractivity contribution in [2.75, 3.05) is 20.2 Å². The van der Waals surface area contributed by atoms with Crippen molar-refractivity contribution >= 4 is 36.0 Å². The highest BCUT2D eigenvalue weighted by Gasteiger charge is 2.28. The van der Waals surface area contributed by atoms with Crippen molar-refractivity contribution < 1.29 is 27.4 Å². The Labute approximate surface area is 198 Å². The standard InChI is InChI=1S/C20H31F3N4O3.HI/c1-18(2,3)30-17(28)27-19(4,5)12-26-16(24-6)25-11-14-7-9-15(10-8-14)29-13-20(21,22)23;/h7-10H,11-13H2,1-6H3,(H,27,28)(H2,24,25,26);1H. The maximum atomic E-state index is 12.2. The van der Waals surface area contributed by atoms with Crippen LogP contribution in [0.2, 0.25) is 0 Å². The maximum Gasteiger partial charge on any atom is 0.422 e. The summed E-state index contributed by atoms with van der Waals surface area (Å²) in [6.45, 7) is 8.52. The van der Waals surface area contributed by atoms with Gasteiger partial charge in [-0.1, -0.05) is 12.1 Å². The van der Waals surface area contributed by atoms with E-state index in [-0.39, 0.29) is 29.7 Å². The van der Waals surface area contributed by atoms with Crippen LogP contribution in [0.5, 0.6) is 5.75 Å². The quantitative estimate of drug-likeness (QED) is 0.265. The molecule has 0 saturated carbocycles. The molecule has 0 fully saturated rings. The van der Waals surface area contributed by atoms with E-state index in [2.05, 4.69) is 25.7 Å². The van der Waals surface area contributed by atoms with Crippen molar-refractivity contribution in [2.24, 2.45) is 4.99 Å². The molecule has 31 heavy (non-hydrogen) atoms. The molecule has 178 valence electrons. The lowest BCUT2D eigenvalue weighted by molar-refractivity contribution is -0.153. The van der Waals surface area contributed by atoms with Gasteiger partial charge in [0.15, 0.2) is 12.6 Å². The first kappa shape index (κ1) is 29.1. The van der Waals surface area contributed by atoms with Crippen LogP contribution in [-0.4, -0.2) is 49.6 Å². The van der Waals surface area contributed by atoms with Crippen LogP contribution < -0.4 is 20.7 Å². The minimum absolute atomic E-state index is 0. The predicted molar refractivity (Wildman–Crippen MR) is 125 cm³/mol. The number of guanidine groups is 1. The normalized spacial score (nSPS) is 12.5. The van der Waals surface area contributed by atoms with E-state index in [4.69, 9.17) is 4.74 Å². The van der Waals surface area contributed by atoms with Crippen LogP contribution in [0.4, 0.5) is 18.0 Å². The number of carbonyl (C=O) groups excluding carboxylic acids is 1. The molecule has 0 heterocycles. The molecule has 11 heteroatoms. The van der Waals surface area contributed by atoms with Gasteiger partial charge in [-0.2, -0.15) is 13.2 Å². The van der Waals surface area contributed by atoms with E-state index in [9.17, 15) is 18.0 Å². The minimum Gasteiger partial charge on any atom is -0.484 e. The highest BCUT2D eigenvalue weighted by Crippen LogP contribution is 2.18. The van der Waals surface area contributed by atoms with Crippen LogP contribution in [0, 0.1) is 0 Å². The van der Waals surface area contributed by atoms with Crippen molar-refractivity contribution in [1.82, 2.24) is 16.0 Å². The summed E-state index contributed by atoms with van der Waals surface area (Å²) in [5.41, 5.74) is -0.348. The third kappa shape index (κ3) is 13.9. The summed E-state index contributed by atoms with van der Waals surface area (Å²) in [4.78, 5) is 16.1. The van der Waals surface area contributed by atoms with Crippen LogP contribution in [0.1, 0.15) is 40.2 Å². The summed E-state index contributed by atoms with van der Waals surface area (Å²) >= 11 is 0. The number of rotatable bonds is 7. The lowest BCUT2D eigenvalue weighted by atomic mass is 10.1. The van der Waals surface area contributed by atoms with Gasteiger partial charge in [0.1, 0.15) is 11.4 Å². The number of hydrogen-bond donors (Lipinski definition) is 3. The SMILES string of the molecule is CN=C(NCc1ccc(OCC(F)(F)F)cc1)NCC(C)(C)NC(=O)OC(C)(C)C.I. The summed E-state index contributed by atoms with van der Waals surface area (Å²) in [5, 5.41) is 9.01. The number of alkyl halides is 3. The Morgan fingerprint density at radius 1 is 1.03 bits per heavy atom. The van der Waals surface area contributed by atoms with Gasteiger partial charge in [-0.3, -0.25) is 4.99 Å². The molecule has 1 rings (SSSR count). The van der Waals surface area contributed by atoms with Crippen molar-refractivity contribution in [3.8, 4) is 5.75 Å². The smallest absolute Gasteiger partial charge is 0.422 e. The summed E-state index contributed by atoms with van der Waals surface area (Å²) in [6, 6.07) is 6.29. The van der Waals surface area contributed by atoms with Gasteiger partial charge < -0.3 is 25.4 Å². The molecule has 1 aromatic rings.